The van der Waals surface area contributed by atoms with Gasteiger partial charge < -0.3 is 26.5 Å². The number of piperidine rings is 1. The van der Waals surface area contributed by atoms with Crippen molar-refractivity contribution in [2.24, 2.45) is 0 Å². The van der Waals surface area contributed by atoms with Gasteiger partial charge in [-0.05, 0) is 58.7 Å². The molecule has 5 N–H and O–H groups in total. The highest BCUT2D eigenvalue weighted by Crippen LogP contribution is 2.34. The van der Waals surface area contributed by atoms with Crippen LogP contribution in [-0.2, 0) is 0 Å². The SMILES string of the molecule is CN(c1ccc(-c2cc(C=N)c(N)cc2O)nn1)C1CC(C)(C)NC(C)(C)C1. The van der Waals surface area contributed by atoms with Gasteiger partial charge in [-0.3, -0.25) is 0 Å². The Bertz CT molecular complexity index is 859. The van der Waals surface area contributed by atoms with Crippen LogP contribution in [-0.4, -0.2) is 45.7 Å². The van der Waals surface area contributed by atoms with Gasteiger partial charge in [0.05, 0.1) is 5.69 Å². The summed E-state index contributed by atoms with van der Waals surface area (Å²) in [6.07, 6.45) is 3.18. The number of aromatic nitrogens is 2. The van der Waals surface area contributed by atoms with E-state index in [0.29, 0.717) is 28.6 Å². The molecule has 0 bridgehead atoms. The Morgan fingerprint density at radius 2 is 1.82 bits per heavy atom. The van der Waals surface area contributed by atoms with Crippen LogP contribution in [0.4, 0.5) is 11.5 Å². The number of nitrogen functional groups attached to an aromatic ring is 1. The quantitative estimate of drug-likeness (QED) is 0.477. The first kappa shape index (κ1) is 20.1. The number of phenols is 1. The third-order valence-corrected chi connectivity index (χ3v) is 5.36. The highest BCUT2D eigenvalue weighted by atomic mass is 16.3. The minimum atomic E-state index is 0.0281. The van der Waals surface area contributed by atoms with Crippen LogP contribution in [0.15, 0.2) is 24.3 Å². The van der Waals surface area contributed by atoms with E-state index in [1.165, 1.54) is 6.07 Å². The van der Waals surface area contributed by atoms with Gasteiger partial charge in [-0.2, -0.15) is 0 Å². The number of rotatable bonds is 4. The lowest BCUT2D eigenvalue weighted by molar-refractivity contribution is 0.160. The lowest BCUT2D eigenvalue weighted by Crippen LogP contribution is -2.62. The van der Waals surface area contributed by atoms with Crippen molar-refractivity contribution in [2.45, 2.75) is 57.7 Å². The summed E-state index contributed by atoms with van der Waals surface area (Å²) in [5.41, 5.74) is 7.86. The average molecular weight is 383 g/mol. The Kier molecular flexibility index (Phi) is 5.06. The Hall–Kier alpha value is -2.67. The largest absolute Gasteiger partial charge is 0.507 e. The lowest BCUT2D eigenvalue weighted by atomic mass is 9.79. The molecule has 7 heteroatoms. The molecule has 1 aliphatic rings. The fraction of sp³-hybridized carbons (Fsp3) is 0.476. The number of phenolic OH excluding ortho intramolecular Hbond substituents is 1. The number of nitrogens with zero attached hydrogens (tertiary/aromatic N) is 3. The second-order valence-corrected chi connectivity index (χ2v) is 8.99. The maximum atomic E-state index is 10.2. The molecule has 1 saturated heterocycles. The summed E-state index contributed by atoms with van der Waals surface area (Å²) in [5.74, 6) is 0.824. The Balaban J connectivity index is 1.86. The molecule has 2 heterocycles. The zero-order valence-corrected chi connectivity index (χ0v) is 17.2. The molecular weight excluding hydrogens is 352 g/mol. The molecule has 2 aromatic rings. The number of hydrogen-bond donors (Lipinski definition) is 4. The monoisotopic (exact) mass is 382 g/mol. The maximum absolute atomic E-state index is 10.2. The molecule has 0 radical (unpaired) electrons. The van der Waals surface area contributed by atoms with Crippen molar-refractivity contribution in [1.82, 2.24) is 15.5 Å². The normalized spacial score (nSPS) is 18.6. The summed E-state index contributed by atoms with van der Waals surface area (Å²) < 4.78 is 0. The van der Waals surface area contributed by atoms with Gasteiger partial charge in [0, 0.05) is 53.3 Å². The van der Waals surface area contributed by atoms with Crippen LogP contribution in [0.2, 0.25) is 0 Å². The molecule has 1 aliphatic heterocycles. The van der Waals surface area contributed by atoms with E-state index in [4.69, 9.17) is 11.1 Å². The molecular formula is C21H30N6O. The van der Waals surface area contributed by atoms with Crippen molar-refractivity contribution in [3.63, 3.8) is 0 Å². The van der Waals surface area contributed by atoms with E-state index in [1.54, 1.807) is 6.07 Å². The zero-order valence-electron chi connectivity index (χ0n) is 17.2. The van der Waals surface area contributed by atoms with Crippen molar-refractivity contribution in [3.05, 3.63) is 29.8 Å². The molecule has 0 atom stereocenters. The molecule has 1 fully saturated rings. The van der Waals surface area contributed by atoms with Gasteiger partial charge >= 0.3 is 0 Å². The minimum absolute atomic E-state index is 0.0281. The van der Waals surface area contributed by atoms with Crippen molar-refractivity contribution < 1.29 is 5.11 Å². The second-order valence-electron chi connectivity index (χ2n) is 8.99. The summed E-state index contributed by atoms with van der Waals surface area (Å²) in [4.78, 5) is 2.19. The van der Waals surface area contributed by atoms with E-state index in [-0.39, 0.29) is 16.8 Å². The van der Waals surface area contributed by atoms with E-state index in [1.807, 2.05) is 12.1 Å². The van der Waals surface area contributed by atoms with E-state index >= 15 is 0 Å². The Morgan fingerprint density at radius 3 is 2.36 bits per heavy atom. The maximum Gasteiger partial charge on any atom is 0.151 e. The van der Waals surface area contributed by atoms with Gasteiger partial charge in [0.1, 0.15) is 5.75 Å². The molecule has 1 aromatic carbocycles. The highest BCUT2D eigenvalue weighted by Gasteiger charge is 2.39. The first-order valence-corrected chi connectivity index (χ1v) is 9.50. The van der Waals surface area contributed by atoms with Gasteiger partial charge in [-0.15, -0.1) is 10.2 Å². The molecule has 28 heavy (non-hydrogen) atoms. The fourth-order valence-corrected chi connectivity index (χ4v) is 4.34. The molecule has 150 valence electrons. The Labute approximate surface area is 166 Å². The predicted molar refractivity (Wildman–Crippen MR) is 114 cm³/mol. The van der Waals surface area contributed by atoms with Crippen LogP contribution in [0.3, 0.4) is 0 Å². The van der Waals surface area contributed by atoms with Crippen molar-refractivity contribution in [2.75, 3.05) is 17.7 Å². The first-order valence-electron chi connectivity index (χ1n) is 9.50. The number of hydrogen-bond acceptors (Lipinski definition) is 7. The molecule has 0 spiro atoms. The fourth-order valence-electron chi connectivity index (χ4n) is 4.34. The summed E-state index contributed by atoms with van der Waals surface area (Å²) in [5, 5.41) is 30.1. The number of benzene rings is 1. The van der Waals surface area contributed by atoms with E-state index in [9.17, 15) is 5.11 Å². The van der Waals surface area contributed by atoms with Crippen LogP contribution in [0.1, 0.15) is 46.1 Å². The van der Waals surface area contributed by atoms with Gasteiger partial charge in [-0.1, -0.05) is 0 Å². The number of anilines is 2. The smallest absolute Gasteiger partial charge is 0.151 e. The highest BCUT2D eigenvalue weighted by molar-refractivity contribution is 5.89. The van der Waals surface area contributed by atoms with E-state index in [2.05, 4.69) is 55.2 Å². The van der Waals surface area contributed by atoms with Crippen LogP contribution < -0.4 is 16.0 Å². The number of nitrogens with one attached hydrogen (secondary N) is 2. The number of aromatic hydroxyl groups is 1. The van der Waals surface area contributed by atoms with Crippen molar-refractivity contribution in [3.8, 4) is 17.0 Å². The van der Waals surface area contributed by atoms with Crippen molar-refractivity contribution in [1.29, 1.82) is 5.41 Å². The minimum Gasteiger partial charge on any atom is -0.507 e. The van der Waals surface area contributed by atoms with Crippen LogP contribution in [0, 0.1) is 5.41 Å². The van der Waals surface area contributed by atoms with E-state index in [0.717, 1.165) is 24.9 Å². The molecule has 0 aliphatic carbocycles. The topological polar surface area (TPSA) is 111 Å². The summed E-state index contributed by atoms with van der Waals surface area (Å²) in [6.45, 7) is 8.92. The van der Waals surface area contributed by atoms with Crippen molar-refractivity contribution >= 4 is 17.7 Å². The molecule has 7 nitrogen and oxygen atoms in total. The molecule has 1 aromatic heterocycles. The zero-order chi connectivity index (χ0) is 20.7. The van der Waals surface area contributed by atoms with Crippen LogP contribution >= 0.6 is 0 Å². The Morgan fingerprint density at radius 1 is 1.18 bits per heavy atom. The summed E-state index contributed by atoms with van der Waals surface area (Å²) >= 11 is 0. The third-order valence-electron chi connectivity index (χ3n) is 5.36. The van der Waals surface area contributed by atoms with Gasteiger partial charge in [0.2, 0.25) is 0 Å². The van der Waals surface area contributed by atoms with Gasteiger partial charge in [0.25, 0.3) is 0 Å². The van der Waals surface area contributed by atoms with E-state index < -0.39 is 0 Å². The summed E-state index contributed by atoms with van der Waals surface area (Å²) in [7, 11) is 2.06. The molecule has 0 saturated carbocycles. The average Bonchev–Trinajstić information content (AvgIpc) is 2.59. The van der Waals surface area contributed by atoms with Gasteiger partial charge in [-0.25, -0.2) is 0 Å². The number of nitrogens with two attached hydrogens (primary N) is 1. The lowest BCUT2D eigenvalue weighted by Gasteiger charge is -2.49. The first-order chi connectivity index (χ1) is 13.0. The standard InChI is InChI=1S/C21H30N6O/c1-20(2)10-14(11-21(3,4)26-20)27(5)19-7-6-17(24-25-19)15-8-13(12-22)16(23)9-18(15)28/h6-9,12,14,22,26,28H,10-11,23H2,1-5H3. The van der Waals surface area contributed by atoms with Crippen LogP contribution in [0.25, 0.3) is 11.3 Å². The molecule has 0 amide bonds. The van der Waals surface area contributed by atoms with Crippen LogP contribution in [0.5, 0.6) is 5.75 Å². The van der Waals surface area contributed by atoms with Gasteiger partial charge in [0.15, 0.2) is 5.82 Å². The molecule has 0 unspecified atom stereocenters. The molecule has 3 rings (SSSR count). The predicted octanol–water partition coefficient (Wildman–Crippen LogP) is 3.17. The third kappa shape index (κ3) is 4.09. The second kappa shape index (κ2) is 7.05. The summed E-state index contributed by atoms with van der Waals surface area (Å²) in [6, 6.07) is 7.21.